The lowest BCUT2D eigenvalue weighted by Crippen LogP contribution is -2.17. The summed E-state index contributed by atoms with van der Waals surface area (Å²) in [7, 11) is 0. The molecule has 1 amide bonds. The summed E-state index contributed by atoms with van der Waals surface area (Å²) in [5, 5.41) is 4.04. The Balaban J connectivity index is 1.57. The van der Waals surface area contributed by atoms with Crippen LogP contribution >= 0.6 is 15.9 Å². The number of hydrogen-bond donors (Lipinski definition) is 1. The van der Waals surface area contributed by atoms with E-state index in [4.69, 9.17) is 9.47 Å². The Kier molecular flexibility index (Phi) is 7.41. The van der Waals surface area contributed by atoms with Crippen LogP contribution in [0.25, 0.3) is 0 Å². The summed E-state index contributed by atoms with van der Waals surface area (Å²) in [5.74, 6) is 1.10. The quantitative estimate of drug-likeness (QED) is 0.377. The van der Waals surface area contributed by atoms with E-state index in [1.807, 2.05) is 55.5 Å². The maximum atomic E-state index is 12.3. The largest absolute Gasteiger partial charge is 0.493 e. The second-order valence-corrected chi connectivity index (χ2v) is 7.03. The Labute approximate surface area is 178 Å². The fraction of sp³-hybridized carbons (Fsp3) is 0.130. The maximum Gasteiger partial charge on any atom is 0.271 e. The molecule has 0 atom stereocenters. The predicted octanol–water partition coefficient (Wildman–Crippen LogP) is 5.19. The molecule has 0 heterocycles. The minimum atomic E-state index is -0.302. The molecule has 3 rings (SSSR count). The Bertz CT molecular complexity index is 973. The second-order valence-electron chi connectivity index (χ2n) is 6.11. The highest BCUT2D eigenvalue weighted by Crippen LogP contribution is 2.21. The van der Waals surface area contributed by atoms with Gasteiger partial charge in [-0.25, -0.2) is 5.43 Å². The van der Waals surface area contributed by atoms with Gasteiger partial charge in [0.25, 0.3) is 5.91 Å². The molecular formula is C23H21BrN2O3. The molecule has 0 fully saturated rings. The molecule has 0 aliphatic heterocycles. The van der Waals surface area contributed by atoms with E-state index in [-0.39, 0.29) is 5.91 Å². The minimum Gasteiger partial charge on any atom is -0.493 e. The molecule has 0 aromatic heterocycles. The first kappa shape index (κ1) is 20.6. The third-order valence-corrected chi connectivity index (χ3v) is 4.50. The van der Waals surface area contributed by atoms with Gasteiger partial charge in [-0.15, -0.1) is 0 Å². The fourth-order valence-corrected chi connectivity index (χ4v) is 2.95. The van der Waals surface area contributed by atoms with Crippen molar-refractivity contribution in [3.63, 3.8) is 0 Å². The molecule has 0 bridgehead atoms. The molecule has 6 heteroatoms. The number of rotatable bonds is 8. The molecule has 0 aliphatic rings. The Morgan fingerprint density at radius 2 is 1.79 bits per heavy atom. The molecule has 3 aromatic carbocycles. The molecule has 0 unspecified atom stereocenters. The van der Waals surface area contributed by atoms with E-state index in [0.717, 1.165) is 15.6 Å². The standard InChI is InChI=1S/C23H21BrN2O3/c1-2-28-22-13-10-20(24)14-19(22)15-25-26-23(27)18-8-11-21(12-9-18)29-16-17-6-4-3-5-7-17/h3-15H,2,16H2,1H3,(H,26,27)/b25-15+. The first-order chi connectivity index (χ1) is 14.2. The van der Waals surface area contributed by atoms with Crippen LogP contribution in [-0.4, -0.2) is 18.7 Å². The van der Waals surface area contributed by atoms with Crippen molar-refractivity contribution in [1.82, 2.24) is 5.43 Å². The highest BCUT2D eigenvalue weighted by Gasteiger charge is 2.06. The Hall–Kier alpha value is -3.12. The van der Waals surface area contributed by atoms with Crippen molar-refractivity contribution in [2.45, 2.75) is 13.5 Å². The van der Waals surface area contributed by atoms with Crippen molar-refractivity contribution in [3.05, 3.63) is 94.0 Å². The lowest BCUT2D eigenvalue weighted by atomic mass is 10.2. The lowest BCUT2D eigenvalue weighted by Gasteiger charge is -2.08. The lowest BCUT2D eigenvalue weighted by molar-refractivity contribution is 0.0955. The minimum absolute atomic E-state index is 0.302. The topological polar surface area (TPSA) is 59.9 Å². The monoisotopic (exact) mass is 452 g/mol. The Morgan fingerprint density at radius 3 is 2.52 bits per heavy atom. The highest BCUT2D eigenvalue weighted by molar-refractivity contribution is 9.10. The molecule has 5 nitrogen and oxygen atoms in total. The van der Waals surface area contributed by atoms with Crippen LogP contribution in [-0.2, 0) is 6.61 Å². The van der Waals surface area contributed by atoms with E-state index in [9.17, 15) is 4.79 Å². The van der Waals surface area contributed by atoms with E-state index in [1.165, 1.54) is 0 Å². The Morgan fingerprint density at radius 1 is 1.03 bits per heavy atom. The SMILES string of the molecule is CCOc1ccc(Br)cc1/C=N/NC(=O)c1ccc(OCc2ccccc2)cc1. The van der Waals surface area contributed by atoms with E-state index < -0.39 is 0 Å². The van der Waals surface area contributed by atoms with Gasteiger partial charge in [-0.05, 0) is 55.0 Å². The average Bonchev–Trinajstić information content (AvgIpc) is 2.75. The number of carbonyl (C=O) groups is 1. The zero-order valence-electron chi connectivity index (χ0n) is 16.0. The van der Waals surface area contributed by atoms with E-state index in [2.05, 4.69) is 26.5 Å². The van der Waals surface area contributed by atoms with Gasteiger partial charge in [0, 0.05) is 15.6 Å². The molecule has 0 radical (unpaired) electrons. The van der Waals surface area contributed by atoms with Crippen molar-refractivity contribution in [3.8, 4) is 11.5 Å². The van der Waals surface area contributed by atoms with Gasteiger partial charge in [0.05, 0.1) is 12.8 Å². The van der Waals surface area contributed by atoms with Gasteiger partial charge >= 0.3 is 0 Å². The number of ether oxygens (including phenoxy) is 2. The summed E-state index contributed by atoms with van der Waals surface area (Å²) in [6.07, 6.45) is 1.56. The summed E-state index contributed by atoms with van der Waals surface area (Å²) < 4.78 is 12.2. The molecule has 29 heavy (non-hydrogen) atoms. The zero-order valence-corrected chi connectivity index (χ0v) is 17.6. The van der Waals surface area contributed by atoms with Gasteiger partial charge in [0.15, 0.2) is 0 Å². The summed E-state index contributed by atoms with van der Waals surface area (Å²) >= 11 is 3.42. The van der Waals surface area contributed by atoms with Gasteiger partial charge in [0.1, 0.15) is 18.1 Å². The van der Waals surface area contributed by atoms with Crippen molar-refractivity contribution in [2.75, 3.05) is 6.61 Å². The summed E-state index contributed by atoms with van der Waals surface area (Å²) in [5.41, 5.74) is 4.88. The molecule has 0 saturated heterocycles. The first-order valence-corrected chi connectivity index (χ1v) is 9.97. The number of benzene rings is 3. The number of nitrogens with one attached hydrogen (secondary N) is 1. The predicted molar refractivity (Wildman–Crippen MR) is 118 cm³/mol. The molecule has 0 saturated carbocycles. The van der Waals surface area contributed by atoms with Crippen LogP contribution in [0.1, 0.15) is 28.4 Å². The molecule has 148 valence electrons. The first-order valence-electron chi connectivity index (χ1n) is 9.18. The van der Waals surface area contributed by atoms with Crippen LogP contribution in [0.5, 0.6) is 11.5 Å². The van der Waals surface area contributed by atoms with Gasteiger partial charge in [-0.1, -0.05) is 46.3 Å². The zero-order chi connectivity index (χ0) is 20.5. The molecule has 0 spiro atoms. The van der Waals surface area contributed by atoms with Gasteiger partial charge in [0.2, 0.25) is 0 Å². The van der Waals surface area contributed by atoms with Crippen molar-refractivity contribution >= 4 is 28.1 Å². The van der Waals surface area contributed by atoms with Crippen molar-refractivity contribution in [2.24, 2.45) is 5.10 Å². The summed E-state index contributed by atoms with van der Waals surface area (Å²) in [6, 6.07) is 22.5. The molecule has 3 aromatic rings. The van der Waals surface area contributed by atoms with Crippen molar-refractivity contribution in [1.29, 1.82) is 0 Å². The van der Waals surface area contributed by atoms with Crippen LogP contribution in [0.2, 0.25) is 0 Å². The maximum absolute atomic E-state index is 12.3. The number of hydrogen-bond acceptors (Lipinski definition) is 4. The average molecular weight is 453 g/mol. The van der Waals surface area contributed by atoms with Gasteiger partial charge in [-0.2, -0.15) is 5.10 Å². The fourth-order valence-electron chi connectivity index (χ4n) is 2.58. The van der Waals surface area contributed by atoms with Gasteiger partial charge < -0.3 is 9.47 Å². The number of halogens is 1. The van der Waals surface area contributed by atoms with Crippen LogP contribution in [0.4, 0.5) is 0 Å². The number of carbonyl (C=O) groups excluding carboxylic acids is 1. The van der Waals surface area contributed by atoms with E-state index in [0.29, 0.717) is 30.3 Å². The third-order valence-electron chi connectivity index (χ3n) is 4.01. The normalized spacial score (nSPS) is 10.7. The number of hydrazone groups is 1. The van der Waals surface area contributed by atoms with Crippen LogP contribution < -0.4 is 14.9 Å². The number of amides is 1. The van der Waals surface area contributed by atoms with E-state index in [1.54, 1.807) is 30.5 Å². The molecule has 0 aliphatic carbocycles. The van der Waals surface area contributed by atoms with Crippen LogP contribution in [0.15, 0.2) is 82.4 Å². The highest BCUT2D eigenvalue weighted by atomic mass is 79.9. The summed E-state index contributed by atoms with van der Waals surface area (Å²) in [4.78, 5) is 12.3. The third kappa shape index (κ3) is 6.19. The molecule has 1 N–H and O–H groups in total. The van der Waals surface area contributed by atoms with Crippen LogP contribution in [0, 0.1) is 0 Å². The smallest absolute Gasteiger partial charge is 0.271 e. The van der Waals surface area contributed by atoms with E-state index >= 15 is 0 Å². The van der Waals surface area contributed by atoms with Crippen molar-refractivity contribution < 1.29 is 14.3 Å². The van der Waals surface area contributed by atoms with Crippen LogP contribution in [0.3, 0.4) is 0 Å². The molecular weight excluding hydrogens is 432 g/mol. The summed E-state index contributed by atoms with van der Waals surface area (Å²) in [6.45, 7) is 2.94. The second kappa shape index (κ2) is 10.4. The number of nitrogens with zero attached hydrogens (tertiary/aromatic N) is 1. The van der Waals surface area contributed by atoms with Gasteiger partial charge in [-0.3, -0.25) is 4.79 Å².